The average Bonchev–Trinajstić information content (AvgIpc) is 2.70. The van der Waals surface area contributed by atoms with Gasteiger partial charge in [-0.1, -0.05) is 37.6 Å². The van der Waals surface area contributed by atoms with E-state index in [1.807, 2.05) is 6.07 Å². The summed E-state index contributed by atoms with van der Waals surface area (Å²) in [5.74, 6) is 0.502. The second kappa shape index (κ2) is 4.48. The van der Waals surface area contributed by atoms with Crippen LogP contribution in [0.1, 0.15) is 25.3 Å². The van der Waals surface area contributed by atoms with Gasteiger partial charge in [0.2, 0.25) is 0 Å². The van der Waals surface area contributed by atoms with Crippen molar-refractivity contribution in [3.63, 3.8) is 0 Å². The highest BCUT2D eigenvalue weighted by atomic mass is 79.9. The van der Waals surface area contributed by atoms with Gasteiger partial charge in [0.25, 0.3) is 0 Å². The van der Waals surface area contributed by atoms with Crippen LogP contribution in [0.15, 0.2) is 28.9 Å². The Hall–Kier alpha value is -0.640. The van der Waals surface area contributed by atoms with Gasteiger partial charge in [0.1, 0.15) is 5.15 Å². The number of thiophene rings is 1. The Morgan fingerprint density at radius 3 is 2.61 bits per heavy atom. The molecule has 2 aromatic heterocycles. The number of hydrogen-bond acceptors (Lipinski definition) is 2. The topological polar surface area (TPSA) is 12.9 Å². The molecule has 0 unspecified atom stereocenters. The Morgan fingerprint density at radius 1 is 1.17 bits per heavy atom. The van der Waals surface area contributed by atoms with Crippen LogP contribution in [0.4, 0.5) is 0 Å². The van der Waals surface area contributed by atoms with Crippen LogP contribution < -0.4 is 0 Å². The monoisotopic (exact) mass is 339 g/mol. The third-order valence-electron chi connectivity index (χ3n) is 3.10. The summed E-state index contributed by atoms with van der Waals surface area (Å²) in [6.45, 7) is 4.40. The van der Waals surface area contributed by atoms with Crippen molar-refractivity contribution < 1.29 is 0 Å². The number of nitrogens with zero attached hydrogens (tertiary/aromatic N) is 1. The molecule has 18 heavy (non-hydrogen) atoms. The third kappa shape index (κ3) is 1.77. The van der Waals surface area contributed by atoms with Crippen LogP contribution in [0, 0.1) is 0 Å². The van der Waals surface area contributed by atoms with Crippen LogP contribution >= 0.6 is 38.9 Å². The molecule has 2 heterocycles. The number of benzene rings is 1. The number of halogens is 2. The molecule has 0 fully saturated rings. The molecule has 0 radical (unpaired) electrons. The molecule has 1 nitrogen and oxygen atoms in total. The Labute approximate surface area is 123 Å². The molecule has 3 aromatic rings. The lowest BCUT2D eigenvalue weighted by molar-refractivity contribution is 0.864. The minimum absolute atomic E-state index is 0.502. The first-order chi connectivity index (χ1) is 8.59. The Balaban J connectivity index is 2.47. The van der Waals surface area contributed by atoms with Crippen LogP contribution in [0.3, 0.4) is 0 Å². The van der Waals surface area contributed by atoms with E-state index < -0.39 is 0 Å². The van der Waals surface area contributed by atoms with Crippen LogP contribution in [0.2, 0.25) is 5.15 Å². The normalized spacial score (nSPS) is 11.8. The summed E-state index contributed by atoms with van der Waals surface area (Å²) >= 11 is 11.6. The summed E-state index contributed by atoms with van der Waals surface area (Å²) in [4.78, 5) is 4.15. The molecule has 0 bridgehead atoms. The van der Waals surface area contributed by atoms with Crippen molar-refractivity contribution in [3.05, 3.63) is 39.6 Å². The molecule has 0 N–H and O–H groups in total. The van der Waals surface area contributed by atoms with Gasteiger partial charge in [-0.2, -0.15) is 0 Å². The number of aromatic nitrogens is 1. The van der Waals surface area contributed by atoms with Crippen LogP contribution in [-0.4, -0.2) is 4.98 Å². The maximum Gasteiger partial charge on any atom is 0.146 e. The molecule has 4 heteroatoms. The van der Waals surface area contributed by atoms with E-state index in [1.54, 1.807) is 17.5 Å². The summed E-state index contributed by atoms with van der Waals surface area (Å²) < 4.78 is 3.51. The first-order valence-corrected chi connectivity index (χ1v) is 7.73. The minimum Gasteiger partial charge on any atom is -0.243 e. The van der Waals surface area contributed by atoms with Crippen molar-refractivity contribution in [3.8, 4) is 0 Å². The summed E-state index contributed by atoms with van der Waals surface area (Å²) in [6, 6.07) is 6.41. The van der Waals surface area contributed by atoms with Crippen molar-refractivity contribution in [2.75, 3.05) is 0 Å². The fourth-order valence-corrected chi connectivity index (χ4v) is 4.61. The molecule has 0 atom stereocenters. The van der Waals surface area contributed by atoms with Gasteiger partial charge >= 0.3 is 0 Å². The van der Waals surface area contributed by atoms with E-state index in [-0.39, 0.29) is 0 Å². The van der Waals surface area contributed by atoms with Gasteiger partial charge in [-0.3, -0.25) is 0 Å². The Kier molecular flexibility index (Phi) is 3.08. The van der Waals surface area contributed by atoms with Gasteiger partial charge in [0.05, 0.1) is 9.40 Å². The van der Waals surface area contributed by atoms with Crippen molar-refractivity contribution in [2.24, 2.45) is 0 Å². The number of hydrogen-bond donors (Lipinski definition) is 0. The molecule has 0 amide bonds. The van der Waals surface area contributed by atoms with E-state index in [0.717, 1.165) is 4.70 Å². The maximum absolute atomic E-state index is 6.17. The van der Waals surface area contributed by atoms with Gasteiger partial charge in [0.15, 0.2) is 0 Å². The molecule has 0 saturated heterocycles. The quantitative estimate of drug-likeness (QED) is 0.496. The third-order valence-corrected chi connectivity index (χ3v) is 5.87. The molecule has 0 aliphatic carbocycles. The van der Waals surface area contributed by atoms with E-state index in [4.69, 9.17) is 11.6 Å². The number of fused-ring (bicyclic) bond motifs is 3. The Bertz CT molecular complexity index is 748. The highest BCUT2D eigenvalue weighted by molar-refractivity contribution is 9.10. The van der Waals surface area contributed by atoms with Gasteiger partial charge < -0.3 is 0 Å². The average molecular weight is 341 g/mol. The number of rotatable bonds is 1. The van der Waals surface area contributed by atoms with Gasteiger partial charge in [-0.05, 0) is 33.5 Å². The van der Waals surface area contributed by atoms with Gasteiger partial charge in [-0.15, -0.1) is 11.3 Å². The molecule has 3 rings (SSSR count). The fourth-order valence-electron chi connectivity index (χ4n) is 2.16. The lowest BCUT2D eigenvalue weighted by Gasteiger charge is -2.08. The largest absolute Gasteiger partial charge is 0.243 e. The highest BCUT2D eigenvalue weighted by Gasteiger charge is 2.14. The molecule has 92 valence electrons. The van der Waals surface area contributed by atoms with E-state index in [1.165, 1.54) is 25.5 Å². The second-order valence-corrected chi connectivity index (χ2v) is 6.75. The number of pyridine rings is 1. The van der Waals surface area contributed by atoms with Gasteiger partial charge in [-0.25, -0.2) is 4.98 Å². The molecule has 0 saturated carbocycles. The predicted octanol–water partition coefficient (Wildman–Crippen LogP) is 5.99. The Morgan fingerprint density at radius 2 is 1.89 bits per heavy atom. The summed E-state index contributed by atoms with van der Waals surface area (Å²) in [5.41, 5.74) is 1.33. The highest BCUT2D eigenvalue weighted by Crippen LogP contribution is 2.42. The van der Waals surface area contributed by atoms with Crippen molar-refractivity contribution in [1.29, 1.82) is 0 Å². The van der Waals surface area contributed by atoms with Crippen LogP contribution in [0.5, 0.6) is 0 Å². The zero-order valence-electron chi connectivity index (χ0n) is 10.00. The van der Waals surface area contributed by atoms with Crippen molar-refractivity contribution >= 4 is 59.0 Å². The lowest BCUT2D eigenvalue weighted by Crippen LogP contribution is -1.88. The maximum atomic E-state index is 6.17. The van der Waals surface area contributed by atoms with E-state index in [9.17, 15) is 0 Å². The van der Waals surface area contributed by atoms with Crippen LogP contribution in [0.25, 0.3) is 20.2 Å². The molecule has 0 aliphatic rings. The minimum atomic E-state index is 0.502. The van der Waals surface area contributed by atoms with Crippen LogP contribution in [-0.2, 0) is 0 Å². The van der Waals surface area contributed by atoms with E-state index in [0.29, 0.717) is 11.1 Å². The van der Waals surface area contributed by atoms with Crippen molar-refractivity contribution in [2.45, 2.75) is 19.8 Å². The first kappa shape index (κ1) is 12.4. The first-order valence-electron chi connectivity index (χ1n) is 5.74. The molecule has 0 spiro atoms. The lowest BCUT2D eigenvalue weighted by atomic mass is 10.0. The summed E-state index contributed by atoms with van der Waals surface area (Å²) in [6.07, 6.45) is 1.76. The molecular formula is C14H11BrClNS. The smallest absolute Gasteiger partial charge is 0.146 e. The van der Waals surface area contributed by atoms with E-state index in [2.05, 4.69) is 46.9 Å². The molecular weight excluding hydrogens is 330 g/mol. The predicted molar refractivity (Wildman–Crippen MR) is 83.9 cm³/mol. The standard InChI is InChI=1S/C14H11BrClNS/c1-7(2)8-3-4-9-10-5-6-17-14(16)13(10)18-12(9)11(8)15/h3-7H,1-2H3. The zero-order valence-corrected chi connectivity index (χ0v) is 13.2. The molecule has 1 aromatic carbocycles. The second-order valence-electron chi connectivity index (χ2n) is 4.58. The summed E-state index contributed by atoms with van der Waals surface area (Å²) in [7, 11) is 0. The fraction of sp³-hybridized carbons (Fsp3) is 0.214. The van der Waals surface area contributed by atoms with Crippen molar-refractivity contribution in [1.82, 2.24) is 4.98 Å². The summed E-state index contributed by atoms with van der Waals surface area (Å²) in [5, 5.41) is 3.02. The zero-order chi connectivity index (χ0) is 12.9. The van der Waals surface area contributed by atoms with Gasteiger partial charge in [0, 0.05) is 21.4 Å². The SMILES string of the molecule is CC(C)c1ccc2c(sc3c(Cl)nccc32)c1Br. The molecule has 0 aliphatic heterocycles. The van der Waals surface area contributed by atoms with E-state index >= 15 is 0 Å².